The minimum atomic E-state index is -0.661. The molecule has 0 saturated heterocycles. The van der Waals surface area contributed by atoms with E-state index < -0.39 is 16.8 Å². The Bertz CT molecular complexity index is 939. The van der Waals surface area contributed by atoms with Gasteiger partial charge in [-0.15, -0.1) is 11.8 Å². The maximum absolute atomic E-state index is 13.1. The van der Waals surface area contributed by atoms with Crippen LogP contribution in [-0.2, 0) is 11.3 Å². The maximum atomic E-state index is 13.1. The van der Waals surface area contributed by atoms with Gasteiger partial charge in [0.2, 0.25) is 0 Å². The number of hydrogen-bond donors (Lipinski definition) is 1. The van der Waals surface area contributed by atoms with Crippen molar-refractivity contribution in [2.24, 2.45) is 0 Å². The number of carbonyl (C=O) groups is 1. The zero-order chi connectivity index (χ0) is 20.6. The summed E-state index contributed by atoms with van der Waals surface area (Å²) in [6, 6.07) is 6.58. The molecule has 1 radical (unpaired) electrons. The molecule has 0 fully saturated rings. The highest BCUT2D eigenvalue weighted by Gasteiger charge is 2.27. The summed E-state index contributed by atoms with van der Waals surface area (Å²) in [5.74, 6) is -0.661. The fraction of sp³-hybridized carbons (Fsp3) is 0.158. The molecule has 29 heavy (non-hydrogen) atoms. The Hall–Kier alpha value is -3.24. The lowest BCUT2D eigenvalue weighted by atomic mass is 10.1. The molecule has 1 N–H and O–H groups in total. The van der Waals surface area contributed by atoms with Gasteiger partial charge >= 0.3 is 6.03 Å². The van der Waals surface area contributed by atoms with Crippen molar-refractivity contribution in [1.82, 2.24) is 15.4 Å². The molecule has 1 aromatic heterocycles. The maximum Gasteiger partial charge on any atom is 0.347 e. The number of urea groups is 1. The topological polar surface area (TPSA) is 97.6 Å². The third kappa shape index (κ3) is 5.39. The van der Waals surface area contributed by atoms with Crippen molar-refractivity contribution in [3.05, 3.63) is 93.5 Å². The number of aromatic nitrogens is 1. The number of allylic oxidation sites excluding steroid dienone is 1. The Kier molecular flexibility index (Phi) is 6.93. The normalized spacial score (nSPS) is 15.8. The minimum absolute atomic E-state index is 0.0609. The molecule has 8 nitrogen and oxygen atoms in total. The second-order valence-corrected chi connectivity index (χ2v) is 6.76. The van der Waals surface area contributed by atoms with Gasteiger partial charge in [-0.3, -0.25) is 24.8 Å². The van der Waals surface area contributed by atoms with E-state index in [1.165, 1.54) is 28.8 Å². The molecular formula is C19H16FN4O4S. The lowest BCUT2D eigenvalue weighted by Crippen LogP contribution is -2.36. The Morgan fingerprint density at radius 3 is 2.93 bits per heavy atom. The first kappa shape index (κ1) is 20.5. The zero-order valence-corrected chi connectivity index (χ0v) is 15.8. The second kappa shape index (κ2) is 9.80. The molecule has 2 amide bonds. The molecule has 0 spiro atoms. The van der Waals surface area contributed by atoms with Crippen molar-refractivity contribution in [2.75, 3.05) is 6.61 Å². The highest BCUT2D eigenvalue weighted by molar-refractivity contribution is 8.02. The molecule has 149 valence electrons. The molecule has 2 aromatic rings. The van der Waals surface area contributed by atoms with Crippen molar-refractivity contribution < 1.29 is 18.9 Å². The Balaban J connectivity index is 1.46. The monoisotopic (exact) mass is 415 g/mol. The molecule has 1 aromatic carbocycles. The summed E-state index contributed by atoms with van der Waals surface area (Å²) in [5.41, 5.74) is 3.33. The summed E-state index contributed by atoms with van der Waals surface area (Å²) < 4.78 is 13.1. The summed E-state index contributed by atoms with van der Waals surface area (Å²) in [7, 11) is 0. The van der Waals surface area contributed by atoms with E-state index in [1.54, 1.807) is 30.0 Å². The number of benzene rings is 1. The highest BCUT2D eigenvalue weighted by Crippen LogP contribution is 2.37. The average Bonchev–Trinajstić information content (AvgIpc) is 3.22. The third-order valence-corrected chi connectivity index (χ3v) is 4.90. The van der Waals surface area contributed by atoms with E-state index in [4.69, 9.17) is 4.84 Å². The van der Waals surface area contributed by atoms with Gasteiger partial charge in [-0.25, -0.2) is 14.7 Å². The smallest absolute Gasteiger partial charge is 0.273 e. The number of nitrogens with one attached hydrogen (secondary N) is 1. The number of nitro benzene ring substituents is 1. The first-order valence-corrected chi connectivity index (χ1v) is 9.42. The predicted octanol–water partition coefficient (Wildman–Crippen LogP) is 3.89. The lowest BCUT2D eigenvalue weighted by molar-refractivity contribution is -0.385. The van der Waals surface area contributed by atoms with Crippen LogP contribution in [0.25, 0.3) is 0 Å². The molecule has 0 saturated carbocycles. The van der Waals surface area contributed by atoms with Crippen LogP contribution in [0.5, 0.6) is 0 Å². The number of amides is 2. The fourth-order valence-corrected chi connectivity index (χ4v) is 3.46. The molecular weight excluding hydrogens is 399 g/mol. The molecule has 1 aliphatic heterocycles. The van der Waals surface area contributed by atoms with Crippen LogP contribution >= 0.6 is 11.8 Å². The van der Waals surface area contributed by atoms with Crippen LogP contribution in [0.15, 0.2) is 60.3 Å². The van der Waals surface area contributed by atoms with E-state index in [-0.39, 0.29) is 24.1 Å². The van der Waals surface area contributed by atoms with Gasteiger partial charge in [-0.05, 0) is 41.7 Å². The van der Waals surface area contributed by atoms with Crippen LogP contribution in [0.1, 0.15) is 16.5 Å². The van der Waals surface area contributed by atoms with Gasteiger partial charge in [-0.1, -0.05) is 12.2 Å². The molecule has 0 bridgehead atoms. The van der Waals surface area contributed by atoms with E-state index in [9.17, 15) is 19.3 Å². The summed E-state index contributed by atoms with van der Waals surface area (Å²) >= 11 is 1.43. The van der Waals surface area contributed by atoms with Gasteiger partial charge in [0.05, 0.1) is 23.8 Å². The van der Waals surface area contributed by atoms with E-state index in [2.05, 4.69) is 16.7 Å². The molecule has 0 aliphatic carbocycles. The molecule has 1 atom stereocenters. The van der Waals surface area contributed by atoms with Crippen molar-refractivity contribution in [1.29, 1.82) is 0 Å². The van der Waals surface area contributed by atoms with E-state index >= 15 is 0 Å². The first-order valence-electron chi connectivity index (χ1n) is 8.48. The minimum Gasteiger partial charge on any atom is -0.273 e. The number of nitrogens with zero attached hydrogens (tertiary/aromatic N) is 3. The number of carbonyl (C=O) groups excluding carboxylic acids is 1. The molecule has 3 rings (SSSR count). The van der Waals surface area contributed by atoms with Crippen LogP contribution in [0.4, 0.5) is 14.9 Å². The number of hydroxylamine groups is 1. The average molecular weight is 415 g/mol. The van der Waals surface area contributed by atoms with Crippen molar-refractivity contribution in [2.45, 2.75) is 11.8 Å². The number of hydrogen-bond acceptors (Lipinski definition) is 6. The Morgan fingerprint density at radius 1 is 1.38 bits per heavy atom. The number of halogens is 1. The predicted molar refractivity (Wildman–Crippen MR) is 105 cm³/mol. The van der Waals surface area contributed by atoms with Gasteiger partial charge in [0.15, 0.2) is 0 Å². The van der Waals surface area contributed by atoms with E-state index in [0.29, 0.717) is 5.56 Å². The van der Waals surface area contributed by atoms with Gasteiger partial charge in [0.1, 0.15) is 11.2 Å². The van der Waals surface area contributed by atoms with Crippen LogP contribution < -0.4 is 5.48 Å². The molecule has 10 heteroatoms. The number of thioether (sulfide) groups is 1. The summed E-state index contributed by atoms with van der Waals surface area (Å²) in [5, 5.41) is 12.4. The summed E-state index contributed by atoms with van der Waals surface area (Å²) in [4.78, 5) is 33.1. The van der Waals surface area contributed by atoms with Crippen LogP contribution in [0.3, 0.4) is 0 Å². The van der Waals surface area contributed by atoms with Crippen molar-refractivity contribution in [3.63, 3.8) is 0 Å². The fourth-order valence-electron chi connectivity index (χ4n) is 2.56. The van der Waals surface area contributed by atoms with Crippen LogP contribution in [0, 0.1) is 22.1 Å². The zero-order valence-electron chi connectivity index (χ0n) is 15.0. The summed E-state index contributed by atoms with van der Waals surface area (Å²) in [6.07, 6.45) is 9.63. The summed E-state index contributed by atoms with van der Waals surface area (Å²) in [6.45, 7) is 0.0609. The van der Waals surface area contributed by atoms with Gasteiger partial charge in [-0.2, -0.15) is 0 Å². The Labute approximate surface area is 170 Å². The second-order valence-electron chi connectivity index (χ2n) is 5.81. The number of pyridine rings is 1. The lowest BCUT2D eigenvalue weighted by Gasteiger charge is -2.22. The van der Waals surface area contributed by atoms with Crippen molar-refractivity contribution >= 4 is 23.5 Å². The van der Waals surface area contributed by atoms with Gasteiger partial charge in [0, 0.05) is 18.0 Å². The SMILES string of the molecule is O=C(NOCC=CCc1ccc(F)cc1[N+](=O)[O-])N1[C]=CSC1c1ccncc1. The largest absolute Gasteiger partial charge is 0.347 e. The highest BCUT2D eigenvalue weighted by atomic mass is 32.2. The third-order valence-electron chi connectivity index (χ3n) is 3.92. The Morgan fingerprint density at radius 2 is 2.17 bits per heavy atom. The molecule has 2 heterocycles. The van der Waals surface area contributed by atoms with E-state index in [1.807, 2.05) is 12.1 Å². The van der Waals surface area contributed by atoms with Crippen LogP contribution in [-0.4, -0.2) is 27.4 Å². The van der Waals surface area contributed by atoms with Gasteiger partial charge in [0.25, 0.3) is 5.69 Å². The van der Waals surface area contributed by atoms with E-state index in [0.717, 1.165) is 11.6 Å². The van der Waals surface area contributed by atoms with Gasteiger partial charge < -0.3 is 0 Å². The quantitative estimate of drug-likeness (QED) is 0.319. The standard InChI is InChI=1S/C19H16FN4O4S/c20-16-5-4-14(17(13-16)24(26)27)3-1-2-11-28-22-19(25)23-10-12-29-18(23)15-6-8-21-9-7-15/h1-2,4-9,12-13,18H,3,11H2,(H,22,25). The number of rotatable bonds is 7. The van der Waals surface area contributed by atoms with Crippen LogP contribution in [0.2, 0.25) is 0 Å². The molecule has 1 aliphatic rings. The number of nitro groups is 1. The molecule has 1 unspecified atom stereocenters. The first-order chi connectivity index (χ1) is 14.1. The van der Waals surface area contributed by atoms with Crippen molar-refractivity contribution in [3.8, 4) is 0 Å².